The molecular formula is C91H59N5. The first-order valence-corrected chi connectivity index (χ1v) is 33.1. The summed E-state index contributed by atoms with van der Waals surface area (Å²) in [5.41, 5.74) is 24.4. The Morgan fingerprint density at radius 3 is 0.896 bits per heavy atom. The third-order valence-electron chi connectivity index (χ3n) is 20.1. The number of fused-ring (bicyclic) bond motifs is 12. The highest BCUT2D eigenvalue weighted by Crippen LogP contribution is 2.49. The molecule has 0 amide bonds. The molecule has 1 aliphatic rings. The van der Waals surface area contributed by atoms with Crippen molar-refractivity contribution in [3.8, 4) is 84.5 Å². The van der Waals surface area contributed by atoms with Crippen LogP contribution in [0, 0.1) is 11.3 Å². The molecule has 1 atom stereocenters. The van der Waals surface area contributed by atoms with Crippen LogP contribution in [0.5, 0.6) is 0 Å². The van der Waals surface area contributed by atoms with Gasteiger partial charge in [-0.2, -0.15) is 5.26 Å². The molecule has 4 aromatic heterocycles. The van der Waals surface area contributed by atoms with E-state index in [9.17, 15) is 5.26 Å². The number of nitriles is 1. The van der Waals surface area contributed by atoms with Crippen molar-refractivity contribution < 1.29 is 0 Å². The van der Waals surface area contributed by atoms with Crippen molar-refractivity contribution >= 4 is 87.2 Å². The first-order chi connectivity index (χ1) is 47.6. The van der Waals surface area contributed by atoms with Crippen LogP contribution in [0.25, 0.3) is 166 Å². The van der Waals surface area contributed by atoms with Gasteiger partial charge in [0.15, 0.2) is 0 Å². The summed E-state index contributed by atoms with van der Waals surface area (Å²) >= 11 is 0. The average molecular weight is 1220 g/mol. The number of benzene rings is 14. The molecule has 0 radical (unpaired) electrons. The van der Waals surface area contributed by atoms with E-state index >= 15 is 0 Å². The molecule has 0 fully saturated rings. The molecule has 5 heteroatoms. The molecule has 0 N–H and O–H groups in total. The number of aromatic nitrogens is 4. The Balaban J connectivity index is 1.03. The number of nitrogens with zero attached hydrogens (tertiary/aromatic N) is 5. The molecule has 1 unspecified atom stereocenters. The van der Waals surface area contributed by atoms with Crippen LogP contribution in [0.15, 0.2) is 340 Å². The number of hydrogen-bond donors (Lipinski definition) is 0. The maximum Gasteiger partial charge on any atom is 0.104 e. The van der Waals surface area contributed by atoms with Crippen LogP contribution in [0.2, 0.25) is 0 Å². The fourth-order valence-corrected chi connectivity index (χ4v) is 15.7. The summed E-state index contributed by atoms with van der Waals surface area (Å²) in [7, 11) is 0. The molecule has 19 rings (SSSR count). The Hall–Kier alpha value is -12.8. The second kappa shape index (κ2) is 22.2. The van der Waals surface area contributed by atoms with Gasteiger partial charge in [0.25, 0.3) is 0 Å². The summed E-state index contributed by atoms with van der Waals surface area (Å²) < 4.78 is 9.77. The van der Waals surface area contributed by atoms with Gasteiger partial charge in [-0.05, 0) is 159 Å². The highest BCUT2D eigenvalue weighted by molar-refractivity contribution is 6.17. The molecule has 0 spiro atoms. The lowest BCUT2D eigenvalue weighted by atomic mass is 9.91. The minimum atomic E-state index is 0.221. The molecule has 14 aromatic carbocycles. The van der Waals surface area contributed by atoms with Crippen LogP contribution in [-0.4, -0.2) is 18.3 Å². The minimum Gasteiger partial charge on any atom is -0.307 e. The van der Waals surface area contributed by atoms with Crippen LogP contribution in [0.1, 0.15) is 23.5 Å². The molecule has 4 heterocycles. The Morgan fingerprint density at radius 1 is 0.260 bits per heavy atom. The van der Waals surface area contributed by atoms with Gasteiger partial charge in [0.1, 0.15) is 11.6 Å². The van der Waals surface area contributed by atoms with Crippen molar-refractivity contribution in [3.05, 3.63) is 351 Å². The van der Waals surface area contributed by atoms with E-state index in [1.165, 1.54) is 5.56 Å². The van der Waals surface area contributed by atoms with E-state index in [1.807, 2.05) is 0 Å². The number of para-hydroxylation sites is 2. The van der Waals surface area contributed by atoms with E-state index in [1.54, 1.807) is 0 Å². The van der Waals surface area contributed by atoms with E-state index in [0.29, 0.717) is 5.56 Å². The van der Waals surface area contributed by atoms with Crippen molar-refractivity contribution in [2.45, 2.75) is 12.3 Å². The van der Waals surface area contributed by atoms with Crippen LogP contribution in [0.3, 0.4) is 0 Å². The Labute approximate surface area is 555 Å². The molecule has 0 saturated heterocycles. The van der Waals surface area contributed by atoms with Crippen molar-refractivity contribution in [3.63, 3.8) is 0 Å². The highest BCUT2D eigenvalue weighted by atomic mass is 15.1. The van der Waals surface area contributed by atoms with E-state index < -0.39 is 0 Å². The molecular weight excluding hydrogens is 1160 g/mol. The Bertz CT molecular complexity index is 6030. The summed E-state index contributed by atoms with van der Waals surface area (Å²) in [5, 5.41) is 22.1. The number of hydrogen-bond acceptors (Lipinski definition) is 1. The molecule has 0 aliphatic heterocycles. The average Bonchev–Trinajstić information content (AvgIpc) is 1.46. The summed E-state index contributed by atoms with van der Waals surface area (Å²) in [4.78, 5) is 0. The highest BCUT2D eigenvalue weighted by Gasteiger charge is 2.32. The SMILES string of the molecule is N#Cc1c(-n2c3ccccc3c3ccccc32)c(-n2c3ccc(-c4ccccc4)cc3c3cc(C4C=CC=CC4)ccc32)cc(-n2c3ccc(-c4ccccc4)cc3c3cc(-c4ccccc4)ccc32)c1-n1c2ccc(-c3ccccc3)cc2c2cc(-c3ccccc3)ccc21. The fraction of sp³-hybridized carbons (Fsp3) is 0.0220. The normalized spacial score (nSPS) is 13.2. The quantitative estimate of drug-likeness (QED) is 0.135. The lowest BCUT2D eigenvalue weighted by molar-refractivity contribution is 0.855. The fourth-order valence-electron chi connectivity index (χ4n) is 15.7. The number of rotatable bonds is 10. The Kier molecular flexibility index (Phi) is 12.7. The van der Waals surface area contributed by atoms with E-state index in [-0.39, 0.29) is 5.92 Å². The molecule has 1 aliphatic carbocycles. The molecule has 0 bridgehead atoms. The molecule has 448 valence electrons. The lowest BCUT2D eigenvalue weighted by Gasteiger charge is -2.25. The van der Waals surface area contributed by atoms with Crippen LogP contribution < -0.4 is 0 Å². The maximum absolute atomic E-state index is 13.2. The molecule has 0 saturated carbocycles. The third-order valence-corrected chi connectivity index (χ3v) is 20.1. The zero-order chi connectivity index (χ0) is 63.4. The van der Waals surface area contributed by atoms with Crippen LogP contribution in [-0.2, 0) is 0 Å². The van der Waals surface area contributed by atoms with Crippen molar-refractivity contribution in [1.29, 1.82) is 5.26 Å². The predicted molar refractivity (Wildman–Crippen MR) is 401 cm³/mol. The number of allylic oxidation sites excluding steroid dienone is 4. The molecule has 5 nitrogen and oxygen atoms in total. The first-order valence-electron chi connectivity index (χ1n) is 33.1. The summed E-state index contributed by atoms with van der Waals surface area (Å²) in [5.74, 6) is 0.221. The minimum absolute atomic E-state index is 0.221. The van der Waals surface area contributed by atoms with E-state index in [4.69, 9.17) is 0 Å². The van der Waals surface area contributed by atoms with Gasteiger partial charge in [-0.1, -0.05) is 249 Å². The Morgan fingerprint density at radius 2 is 0.562 bits per heavy atom. The van der Waals surface area contributed by atoms with Gasteiger partial charge >= 0.3 is 0 Å². The van der Waals surface area contributed by atoms with Crippen LogP contribution in [0.4, 0.5) is 0 Å². The predicted octanol–water partition coefficient (Wildman–Crippen LogP) is 23.9. The zero-order valence-electron chi connectivity index (χ0n) is 52.4. The van der Waals surface area contributed by atoms with Gasteiger partial charge in [0.2, 0.25) is 0 Å². The van der Waals surface area contributed by atoms with Crippen molar-refractivity contribution in [2.75, 3.05) is 0 Å². The van der Waals surface area contributed by atoms with Gasteiger partial charge in [-0.15, -0.1) is 0 Å². The van der Waals surface area contributed by atoms with Crippen molar-refractivity contribution in [2.24, 2.45) is 0 Å². The summed E-state index contributed by atoms with van der Waals surface area (Å²) in [6, 6.07) is 118. The second-order valence-electron chi connectivity index (χ2n) is 25.4. The van der Waals surface area contributed by atoms with Gasteiger partial charge in [-0.3, -0.25) is 0 Å². The monoisotopic (exact) mass is 1220 g/mol. The van der Waals surface area contributed by atoms with Gasteiger partial charge in [0, 0.05) is 49.0 Å². The molecule has 96 heavy (non-hydrogen) atoms. The van der Waals surface area contributed by atoms with Gasteiger partial charge in [-0.25, -0.2) is 0 Å². The largest absolute Gasteiger partial charge is 0.307 e. The van der Waals surface area contributed by atoms with E-state index in [0.717, 1.165) is 172 Å². The van der Waals surface area contributed by atoms with Crippen molar-refractivity contribution in [1.82, 2.24) is 18.3 Å². The summed E-state index contributed by atoms with van der Waals surface area (Å²) in [6.07, 6.45) is 9.87. The zero-order valence-corrected chi connectivity index (χ0v) is 52.4. The smallest absolute Gasteiger partial charge is 0.104 e. The summed E-state index contributed by atoms with van der Waals surface area (Å²) in [6.45, 7) is 0. The standard InChI is InChI=1S/C91H59N5/c92-58-79-90(95-80-37-21-19-35-71(80)72-36-20-22-38-81(72)95)88(93-82-45-39-65(59-23-7-1-8-24-59)51-73(82)74-52-66(40-46-83(74)93)60-25-9-2-10-26-60)57-89(94-84-47-41-67(61-27-11-3-12-28-61)53-75(84)76-54-68(42-48-85(76)94)62-29-13-4-14-30-62)91(79)96-86-49-43-69(63-31-15-5-16-32-63)55-77(86)78-56-70(44-50-87(78)96)64-33-17-6-18-34-64/h1-25,27-57,60H,26H2. The van der Waals surface area contributed by atoms with Crippen LogP contribution >= 0.6 is 0 Å². The lowest BCUT2D eigenvalue weighted by Crippen LogP contribution is -2.13. The van der Waals surface area contributed by atoms with Gasteiger partial charge in [0.05, 0.1) is 66.9 Å². The maximum atomic E-state index is 13.2. The topological polar surface area (TPSA) is 43.5 Å². The third kappa shape index (κ3) is 8.70. The second-order valence-corrected chi connectivity index (χ2v) is 25.4. The van der Waals surface area contributed by atoms with E-state index in [2.05, 4.69) is 364 Å². The molecule has 18 aromatic rings. The first kappa shape index (κ1) is 54.9. The van der Waals surface area contributed by atoms with Gasteiger partial charge < -0.3 is 18.3 Å².